The summed E-state index contributed by atoms with van der Waals surface area (Å²) in [6, 6.07) is 8.26. The van der Waals surface area contributed by atoms with Gasteiger partial charge in [0.05, 0.1) is 6.04 Å². The van der Waals surface area contributed by atoms with Crippen LogP contribution in [0.25, 0.3) is 22.6 Å². The molecule has 148 valence electrons. The number of nitrogens with one attached hydrogen (secondary N) is 1. The molecule has 0 saturated heterocycles. The smallest absolute Gasteiger partial charge is 0.265 e. The Hall–Kier alpha value is -2.18. The number of fused-ring (bicyclic) bond motifs is 1. The topological polar surface area (TPSA) is 55.1 Å². The van der Waals surface area contributed by atoms with Crippen LogP contribution < -0.4 is 5.32 Å². The molecule has 0 fully saturated rings. The molecule has 4 nitrogen and oxygen atoms in total. The second kappa shape index (κ2) is 8.05. The number of oxazole rings is 1. The lowest BCUT2D eigenvalue weighted by Gasteiger charge is -2.24. The number of alkyl halides is 2. The molecule has 1 aromatic heterocycles. The lowest BCUT2D eigenvalue weighted by Crippen LogP contribution is -2.45. The maximum Gasteiger partial charge on any atom is 0.265 e. The van der Waals surface area contributed by atoms with Crippen LogP contribution in [-0.4, -0.2) is 22.9 Å². The molecule has 0 spiro atoms. The van der Waals surface area contributed by atoms with Gasteiger partial charge in [-0.15, -0.1) is 0 Å². The highest BCUT2D eigenvalue weighted by atomic mass is 35.5. The van der Waals surface area contributed by atoms with Gasteiger partial charge in [-0.25, -0.2) is 13.8 Å². The fraction of sp³-hybridized carbons (Fsp3) is 0.300. The van der Waals surface area contributed by atoms with Crippen molar-refractivity contribution in [3.63, 3.8) is 0 Å². The average Bonchev–Trinajstić information content (AvgIpc) is 3.03. The Labute approximate surface area is 170 Å². The monoisotopic (exact) mass is 426 g/mol. The van der Waals surface area contributed by atoms with Crippen molar-refractivity contribution >= 4 is 40.2 Å². The van der Waals surface area contributed by atoms with Gasteiger partial charge in [0.1, 0.15) is 5.52 Å². The molecule has 3 rings (SSSR count). The van der Waals surface area contributed by atoms with Crippen LogP contribution in [0, 0.1) is 0 Å². The third-order valence-corrected chi connectivity index (χ3v) is 4.69. The fourth-order valence-electron chi connectivity index (χ4n) is 2.85. The molecule has 0 aliphatic carbocycles. The molecule has 0 aliphatic rings. The molecule has 0 saturated carbocycles. The molecule has 3 aromatic rings. The van der Waals surface area contributed by atoms with Crippen molar-refractivity contribution in [3.8, 4) is 11.5 Å². The molecular weight excluding hydrogens is 409 g/mol. The molecule has 1 atom stereocenters. The zero-order valence-corrected chi connectivity index (χ0v) is 16.7. The van der Waals surface area contributed by atoms with Crippen molar-refractivity contribution in [2.24, 2.45) is 0 Å². The van der Waals surface area contributed by atoms with Gasteiger partial charge in [0.2, 0.25) is 5.89 Å². The lowest BCUT2D eigenvalue weighted by atomic mass is 10.1. The van der Waals surface area contributed by atoms with Gasteiger partial charge in [-0.2, -0.15) is 0 Å². The number of nitrogens with zero attached hydrogens (tertiary/aromatic N) is 1. The summed E-state index contributed by atoms with van der Waals surface area (Å²) >= 11 is 12.0. The van der Waals surface area contributed by atoms with E-state index in [1.165, 1.54) is 12.1 Å². The minimum absolute atomic E-state index is 0.180. The van der Waals surface area contributed by atoms with E-state index in [0.717, 1.165) is 6.92 Å². The van der Waals surface area contributed by atoms with Crippen molar-refractivity contribution in [3.05, 3.63) is 52.0 Å². The maximum atomic E-state index is 13.7. The third kappa shape index (κ3) is 4.62. The number of rotatable bonds is 6. The normalized spacial score (nSPS) is 12.9. The molecular formula is C20H18Cl2F2N2O2. The standard InChI is InChI=1S/C20H18Cl2F2N2O2/c1-3-4-17(20(2,23)24)26-18(27)11-5-6-15-16(9-11)28-19(25-15)12-7-13(21)10-14(22)8-12/h5-10,17H,3-4H2,1-2H3,(H,26,27). The Balaban J connectivity index is 1.89. The summed E-state index contributed by atoms with van der Waals surface area (Å²) in [5.41, 5.74) is 1.68. The Bertz CT molecular complexity index is 995. The fourth-order valence-corrected chi connectivity index (χ4v) is 3.38. The number of hydrogen-bond donors (Lipinski definition) is 1. The number of hydrogen-bond acceptors (Lipinski definition) is 3. The van der Waals surface area contributed by atoms with Crippen molar-refractivity contribution in [1.82, 2.24) is 10.3 Å². The van der Waals surface area contributed by atoms with E-state index in [2.05, 4.69) is 10.3 Å². The number of halogens is 4. The summed E-state index contributed by atoms with van der Waals surface area (Å²) in [6.07, 6.45) is 0.709. The van der Waals surface area contributed by atoms with Crippen LogP contribution in [0.15, 0.2) is 40.8 Å². The van der Waals surface area contributed by atoms with Crippen LogP contribution in [0.1, 0.15) is 37.0 Å². The van der Waals surface area contributed by atoms with Crippen molar-refractivity contribution < 1.29 is 18.0 Å². The van der Waals surface area contributed by atoms with E-state index >= 15 is 0 Å². The number of amides is 1. The number of aromatic nitrogens is 1. The first kappa shape index (κ1) is 20.6. The van der Waals surface area contributed by atoms with Crippen LogP contribution >= 0.6 is 23.2 Å². The van der Waals surface area contributed by atoms with Crippen molar-refractivity contribution in [1.29, 1.82) is 0 Å². The van der Waals surface area contributed by atoms with Crippen molar-refractivity contribution in [2.75, 3.05) is 0 Å². The van der Waals surface area contributed by atoms with Gasteiger partial charge >= 0.3 is 0 Å². The van der Waals surface area contributed by atoms with Crippen molar-refractivity contribution in [2.45, 2.75) is 38.7 Å². The molecule has 0 radical (unpaired) electrons. The summed E-state index contributed by atoms with van der Waals surface area (Å²) in [7, 11) is 0. The van der Waals surface area contributed by atoms with E-state index in [4.69, 9.17) is 27.6 Å². The third-order valence-electron chi connectivity index (χ3n) is 4.25. The Kier molecular flexibility index (Phi) is 5.91. The van der Waals surface area contributed by atoms with Gasteiger partial charge in [-0.3, -0.25) is 4.79 Å². The highest BCUT2D eigenvalue weighted by Gasteiger charge is 2.34. The first-order valence-corrected chi connectivity index (χ1v) is 9.48. The first-order chi connectivity index (χ1) is 13.2. The summed E-state index contributed by atoms with van der Waals surface area (Å²) in [5, 5.41) is 3.28. The minimum atomic E-state index is -3.01. The quantitative estimate of drug-likeness (QED) is 0.498. The maximum absolute atomic E-state index is 13.7. The SMILES string of the molecule is CCCC(NC(=O)c1ccc2nc(-c3cc(Cl)cc(Cl)c3)oc2c1)C(C)(F)F. The highest BCUT2D eigenvalue weighted by molar-refractivity contribution is 6.35. The summed E-state index contributed by atoms with van der Waals surface area (Å²) in [4.78, 5) is 16.8. The van der Waals surface area contributed by atoms with Crippen LogP contribution in [0.2, 0.25) is 10.0 Å². The summed E-state index contributed by atoms with van der Waals surface area (Å²) < 4.78 is 33.1. The largest absolute Gasteiger partial charge is 0.436 e. The number of carbonyl (C=O) groups is 1. The van der Waals surface area contributed by atoms with E-state index in [9.17, 15) is 13.6 Å². The van der Waals surface area contributed by atoms with E-state index < -0.39 is 17.9 Å². The number of carbonyl (C=O) groups excluding carboxylic acids is 1. The molecule has 0 aliphatic heterocycles. The molecule has 8 heteroatoms. The Morgan fingerprint density at radius 2 is 1.89 bits per heavy atom. The first-order valence-electron chi connectivity index (χ1n) is 8.73. The van der Waals surface area contributed by atoms with E-state index in [1.54, 1.807) is 31.2 Å². The predicted molar refractivity (Wildman–Crippen MR) is 106 cm³/mol. The van der Waals surface area contributed by atoms with E-state index in [0.29, 0.717) is 39.0 Å². The molecule has 2 aromatic carbocycles. The lowest BCUT2D eigenvalue weighted by molar-refractivity contribution is -0.0195. The second-order valence-electron chi connectivity index (χ2n) is 6.63. The Morgan fingerprint density at radius 3 is 2.50 bits per heavy atom. The molecule has 0 bridgehead atoms. The summed E-state index contributed by atoms with van der Waals surface area (Å²) in [6.45, 7) is 2.59. The van der Waals surface area contributed by atoms with E-state index in [-0.39, 0.29) is 12.0 Å². The Morgan fingerprint density at radius 1 is 1.21 bits per heavy atom. The van der Waals surface area contributed by atoms with E-state index in [1.807, 2.05) is 0 Å². The minimum Gasteiger partial charge on any atom is -0.436 e. The summed E-state index contributed by atoms with van der Waals surface area (Å²) in [5.74, 6) is -3.31. The zero-order chi connectivity index (χ0) is 20.5. The van der Waals surface area contributed by atoms with Gasteiger partial charge < -0.3 is 9.73 Å². The molecule has 1 amide bonds. The zero-order valence-electron chi connectivity index (χ0n) is 15.2. The molecule has 1 unspecified atom stereocenters. The van der Waals surface area contributed by atoms with Crippen LogP contribution in [0.3, 0.4) is 0 Å². The highest BCUT2D eigenvalue weighted by Crippen LogP contribution is 2.30. The van der Waals surface area contributed by atoms with Crippen LogP contribution in [0.4, 0.5) is 8.78 Å². The van der Waals surface area contributed by atoms with Crippen LogP contribution in [0.5, 0.6) is 0 Å². The van der Waals surface area contributed by atoms with Gasteiger partial charge in [0.25, 0.3) is 11.8 Å². The average molecular weight is 427 g/mol. The molecule has 28 heavy (non-hydrogen) atoms. The van der Waals surface area contributed by atoms with Crippen LogP contribution in [-0.2, 0) is 0 Å². The van der Waals surface area contributed by atoms with Gasteiger partial charge in [0, 0.05) is 28.1 Å². The predicted octanol–water partition coefficient (Wildman–Crippen LogP) is 6.36. The molecule has 1 N–H and O–H groups in total. The second-order valence-corrected chi connectivity index (χ2v) is 7.50. The number of benzene rings is 2. The van der Waals surface area contributed by atoms with Gasteiger partial charge in [0.15, 0.2) is 5.58 Å². The molecule has 1 heterocycles. The van der Waals surface area contributed by atoms with Gasteiger partial charge in [-0.1, -0.05) is 36.5 Å². The van der Waals surface area contributed by atoms with Gasteiger partial charge in [-0.05, 0) is 42.8 Å².